The van der Waals surface area contributed by atoms with Crippen LogP contribution in [-0.2, 0) is 11.2 Å². The van der Waals surface area contributed by atoms with Crippen LogP contribution in [0.5, 0.6) is 0 Å². The number of thioether (sulfide) groups is 1. The number of hydrogen-bond acceptors (Lipinski definition) is 3. The van der Waals surface area contributed by atoms with E-state index in [1.165, 1.54) is 0 Å². The van der Waals surface area contributed by atoms with Crippen LogP contribution in [0.1, 0.15) is 53.4 Å². The minimum Gasteiger partial charge on any atom is -0.347 e. The van der Waals surface area contributed by atoms with Gasteiger partial charge in [0, 0.05) is 11.3 Å². The van der Waals surface area contributed by atoms with E-state index in [0.717, 1.165) is 23.1 Å². The number of carbonyl (C=O) groups is 2. The molecular weight excluding hydrogens is 452 g/mol. The number of aryl methyl sites for hydroxylation is 1. The van der Waals surface area contributed by atoms with E-state index in [1.54, 1.807) is 11.8 Å². The molecule has 1 saturated heterocycles. The molecular formula is C30H34N2O2S. The van der Waals surface area contributed by atoms with E-state index in [0.29, 0.717) is 23.7 Å². The summed E-state index contributed by atoms with van der Waals surface area (Å²) in [4.78, 5) is 29.4. The predicted molar refractivity (Wildman–Crippen MR) is 144 cm³/mol. The molecule has 5 heteroatoms. The molecule has 35 heavy (non-hydrogen) atoms. The number of hydrogen-bond donors (Lipinski definition) is 1. The van der Waals surface area contributed by atoms with Gasteiger partial charge in [0.05, 0.1) is 11.4 Å². The average Bonchev–Trinajstić information content (AvgIpc) is 3.27. The molecule has 2 amide bonds. The van der Waals surface area contributed by atoms with E-state index in [1.807, 2.05) is 72.5 Å². The quantitative estimate of drug-likeness (QED) is 0.423. The van der Waals surface area contributed by atoms with Crippen molar-refractivity contribution in [2.24, 2.45) is 5.92 Å². The Morgan fingerprint density at radius 2 is 1.57 bits per heavy atom. The van der Waals surface area contributed by atoms with Gasteiger partial charge in [-0.2, -0.15) is 0 Å². The summed E-state index contributed by atoms with van der Waals surface area (Å²) in [5, 5.41) is 3.29. The van der Waals surface area contributed by atoms with Crippen molar-refractivity contribution in [1.82, 2.24) is 10.2 Å². The number of rotatable bonds is 8. The molecule has 4 nitrogen and oxygen atoms in total. The molecule has 3 aromatic carbocycles. The van der Waals surface area contributed by atoms with E-state index < -0.39 is 6.04 Å². The standard InChI is InChI=1S/C30H34N2O2S/c1-21(2)18-28-32(30(34)25-17-11-10-12-22(25)3)27(20-35-28)29(33)31-26(24-15-8-5-9-16-24)19-23-13-6-4-7-14-23/h4-17,21,26-28H,18-20H2,1-3H3,(H,31,33). The summed E-state index contributed by atoms with van der Waals surface area (Å²) in [5.41, 5.74) is 3.83. The van der Waals surface area contributed by atoms with Crippen LogP contribution < -0.4 is 5.32 Å². The van der Waals surface area contributed by atoms with Gasteiger partial charge in [0.1, 0.15) is 6.04 Å². The fourth-order valence-corrected chi connectivity index (χ4v) is 6.27. The summed E-state index contributed by atoms with van der Waals surface area (Å²) in [6.45, 7) is 6.28. The number of amides is 2. The van der Waals surface area contributed by atoms with Gasteiger partial charge in [-0.1, -0.05) is 92.7 Å². The van der Waals surface area contributed by atoms with Gasteiger partial charge in [-0.25, -0.2) is 0 Å². The van der Waals surface area contributed by atoms with Crippen molar-refractivity contribution >= 4 is 23.6 Å². The normalized spacial score (nSPS) is 18.5. The molecule has 3 atom stereocenters. The third-order valence-corrected chi connectivity index (χ3v) is 7.79. The van der Waals surface area contributed by atoms with Crippen LogP contribution in [0.2, 0.25) is 0 Å². The Hall–Kier alpha value is -3.05. The van der Waals surface area contributed by atoms with E-state index in [4.69, 9.17) is 0 Å². The lowest BCUT2D eigenvalue weighted by Gasteiger charge is -2.31. The van der Waals surface area contributed by atoms with Crippen molar-refractivity contribution in [2.45, 2.75) is 51.1 Å². The van der Waals surface area contributed by atoms with Gasteiger partial charge in [0.2, 0.25) is 5.91 Å². The molecule has 0 aliphatic carbocycles. The summed E-state index contributed by atoms with van der Waals surface area (Å²) in [5.74, 6) is 0.888. The van der Waals surface area contributed by atoms with Crippen molar-refractivity contribution in [3.05, 3.63) is 107 Å². The highest BCUT2D eigenvalue weighted by Crippen LogP contribution is 2.35. The van der Waals surface area contributed by atoms with Crippen LogP contribution in [0.25, 0.3) is 0 Å². The molecule has 1 fully saturated rings. The first-order valence-electron chi connectivity index (χ1n) is 12.3. The fraction of sp³-hybridized carbons (Fsp3) is 0.333. The maximum atomic E-state index is 13.8. The van der Waals surface area contributed by atoms with Gasteiger partial charge >= 0.3 is 0 Å². The lowest BCUT2D eigenvalue weighted by atomic mass is 9.98. The number of nitrogens with one attached hydrogen (secondary N) is 1. The Morgan fingerprint density at radius 1 is 0.943 bits per heavy atom. The van der Waals surface area contributed by atoms with Crippen molar-refractivity contribution in [3.63, 3.8) is 0 Å². The van der Waals surface area contributed by atoms with E-state index in [2.05, 4.69) is 43.4 Å². The topological polar surface area (TPSA) is 49.4 Å². The van der Waals surface area contributed by atoms with Gasteiger partial charge in [0.15, 0.2) is 0 Å². The van der Waals surface area contributed by atoms with Crippen LogP contribution in [-0.4, -0.2) is 33.9 Å². The summed E-state index contributed by atoms with van der Waals surface area (Å²) in [7, 11) is 0. The molecule has 1 heterocycles. The highest BCUT2D eigenvalue weighted by atomic mass is 32.2. The van der Waals surface area contributed by atoms with E-state index in [-0.39, 0.29) is 23.2 Å². The Morgan fingerprint density at radius 3 is 2.23 bits per heavy atom. The van der Waals surface area contributed by atoms with Crippen LogP contribution >= 0.6 is 11.8 Å². The Bertz CT molecular complexity index is 1130. The molecule has 0 spiro atoms. The van der Waals surface area contributed by atoms with Gasteiger partial charge in [-0.15, -0.1) is 11.8 Å². The Balaban J connectivity index is 1.60. The molecule has 0 saturated carbocycles. The largest absolute Gasteiger partial charge is 0.347 e. The van der Waals surface area contributed by atoms with Crippen LogP contribution in [0, 0.1) is 12.8 Å². The Kier molecular flexibility index (Phi) is 8.29. The highest BCUT2D eigenvalue weighted by Gasteiger charge is 2.42. The van der Waals surface area contributed by atoms with Gasteiger partial charge in [-0.05, 0) is 48.4 Å². The minimum absolute atomic E-state index is 0.0119. The van der Waals surface area contributed by atoms with Crippen molar-refractivity contribution in [2.75, 3.05) is 5.75 Å². The summed E-state index contributed by atoms with van der Waals surface area (Å²) < 4.78 is 0. The maximum absolute atomic E-state index is 13.8. The van der Waals surface area contributed by atoms with Crippen LogP contribution in [0.3, 0.4) is 0 Å². The zero-order chi connectivity index (χ0) is 24.8. The molecule has 0 aromatic heterocycles. The van der Waals surface area contributed by atoms with Gasteiger partial charge in [0.25, 0.3) is 5.91 Å². The van der Waals surface area contributed by atoms with E-state index in [9.17, 15) is 9.59 Å². The first-order valence-corrected chi connectivity index (χ1v) is 13.4. The lowest BCUT2D eigenvalue weighted by molar-refractivity contribution is -0.125. The zero-order valence-corrected chi connectivity index (χ0v) is 21.5. The Labute approximate surface area is 213 Å². The fourth-order valence-electron chi connectivity index (χ4n) is 4.63. The predicted octanol–water partition coefficient (Wildman–Crippen LogP) is 6.03. The third kappa shape index (κ3) is 6.15. The molecule has 1 aliphatic rings. The molecule has 4 rings (SSSR count). The molecule has 1 aliphatic heterocycles. The lowest BCUT2D eigenvalue weighted by Crippen LogP contribution is -2.51. The first kappa shape index (κ1) is 25.1. The van der Waals surface area contributed by atoms with Gasteiger partial charge < -0.3 is 10.2 Å². The minimum atomic E-state index is -0.502. The molecule has 0 bridgehead atoms. The summed E-state index contributed by atoms with van der Waals surface area (Å²) >= 11 is 1.72. The third-order valence-electron chi connectivity index (χ3n) is 6.48. The molecule has 3 unspecified atom stereocenters. The van der Waals surface area contributed by atoms with Crippen LogP contribution in [0.4, 0.5) is 0 Å². The van der Waals surface area contributed by atoms with E-state index >= 15 is 0 Å². The number of carbonyl (C=O) groups excluding carboxylic acids is 2. The van der Waals surface area contributed by atoms with Crippen molar-refractivity contribution in [3.8, 4) is 0 Å². The second-order valence-corrected chi connectivity index (χ2v) is 10.8. The zero-order valence-electron chi connectivity index (χ0n) is 20.7. The summed E-state index contributed by atoms with van der Waals surface area (Å²) in [6, 6.07) is 27.3. The SMILES string of the molecule is Cc1ccccc1C(=O)N1C(CC(C)C)SCC1C(=O)NC(Cc1ccccc1)c1ccccc1. The van der Waals surface area contributed by atoms with Crippen molar-refractivity contribution in [1.29, 1.82) is 0 Å². The maximum Gasteiger partial charge on any atom is 0.255 e. The first-order chi connectivity index (χ1) is 16.9. The average molecular weight is 487 g/mol. The van der Waals surface area contributed by atoms with Crippen LogP contribution in [0.15, 0.2) is 84.9 Å². The molecule has 3 aromatic rings. The summed E-state index contributed by atoms with van der Waals surface area (Å²) in [6.07, 6.45) is 1.55. The van der Waals surface area contributed by atoms with Gasteiger partial charge in [-0.3, -0.25) is 9.59 Å². The monoisotopic (exact) mass is 486 g/mol. The molecule has 0 radical (unpaired) electrons. The molecule has 182 valence electrons. The second kappa shape index (κ2) is 11.6. The number of benzene rings is 3. The van der Waals surface area contributed by atoms with Crippen molar-refractivity contribution < 1.29 is 9.59 Å². The smallest absolute Gasteiger partial charge is 0.255 e. The number of nitrogens with zero attached hydrogens (tertiary/aromatic N) is 1. The molecule has 1 N–H and O–H groups in total. The highest BCUT2D eigenvalue weighted by molar-refractivity contribution is 8.00. The second-order valence-electron chi connectivity index (χ2n) is 9.62.